The summed E-state index contributed by atoms with van der Waals surface area (Å²) >= 11 is 0. The number of fused-ring (bicyclic) bond motifs is 1. The molecule has 3 aromatic rings. The molecular weight excluding hydrogens is 294 g/mol. The van der Waals surface area contributed by atoms with E-state index in [1.807, 2.05) is 12.1 Å². The summed E-state index contributed by atoms with van der Waals surface area (Å²) in [6.07, 6.45) is 3.41. The second kappa shape index (κ2) is 6.51. The lowest BCUT2D eigenvalue weighted by Crippen LogP contribution is -2.21. The predicted molar refractivity (Wildman–Crippen MR) is 96.5 cm³/mol. The lowest BCUT2D eigenvalue weighted by molar-refractivity contribution is 0.310. The van der Waals surface area contributed by atoms with E-state index in [0.717, 1.165) is 30.6 Å². The number of nitrogens with zero attached hydrogens (tertiary/aromatic N) is 3. The lowest BCUT2D eigenvalue weighted by Gasteiger charge is -2.17. The van der Waals surface area contributed by atoms with Crippen LogP contribution in [-0.4, -0.2) is 22.6 Å². The average Bonchev–Trinajstić information content (AvgIpc) is 3.23. The van der Waals surface area contributed by atoms with E-state index in [4.69, 9.17) is 5.26 Å². The van der Waals surface area contributed by atoms with E-state index in [9.17, 15) is 0 Å². The molecule has 1 saturated heterocycles. The number of rotatable bonds is 4. The van der Waals surface area contributed by atoms with Gasteiger partial charge in [0, 0.05) is 36.7 Å². The highest BCUT2D eigenvalue weighted by atomic mass is 15.2. The lowest BCUT2D eigenvalue weighted by atomic mass is 10.1. The Labute approximate surface area is 142 Å². The van der Waals surface area contributed by atoms with Gasteiger partial charge in [-0.15, -0.1) is 0 Å². The van der Waals surface area contributed by atoms with Crippen LogP contribution in [0.5, 0.6) is 0 Å². The molecule has 2 aromatic carbocycles. The van der Waals surface area contributed by atoms with Crippen LogP contribution in [0.4, 0.5) is 0 Å². The first kappa shape index (κ1) is 15.0. The first-order chi connectivity index (χ1) is 11.8. The maximum atomic E-state index is 9.02. The van der Waals surface area contributed by atoms with Crippen molar-refractivity contribution in [1.82, 2.24) is 9.47 Å². The molecule has 1 aliphatic rings. The van der Waals surface area contributed by atoms with Crippen LogP contribution in [0, 0.1) is 17.2 Å². The summed E-state index contributed by atoms with van der Waals surface area (Å²) in [6.45, 7) is 4.44. The molecule has 0 amide bonds. The normalized spacial score (nSPS) is 18.0. The van der Waals surface area contributed by atoms with E-state index in [1.165, 1.54) is 24.0 Å². The number of likely N-dealkylation sites (tertiary alicyclic amines) is 1. The van der Waals surface area contributed by atoms with Crippen LogP contribution in [0.15, 0.2) is 60.8 Å². The van der Waals surface area contributed by atoms with E-state index < -0.39 is 0 Å². The molecule has 120 valence electrons. The van der Waals surface area contributed by atoms with Crippen molar-refractivity contribution in [1.29, 1.82) is 5.26 Å². The van der Waals surface area contributed by atoms with Gasteiger partial charge in [0.05, 0.1) is 11.6 Å². The molecule has 1 aliphatic heterocycles. The van der Waals surface area contributed by atoms with Gasteiger partial charge in [0.2, 0.25) is 0 Å². The zero-order valence-electron chi connectivity index (χ0n) is 13.7. The van der Waals surface area contributed by atoms with E-state index in [0.29, 0.717) is 5.92 Å². The van der Waals surface area contributed by atoms with Crippen LogP contribution in [0.1, 0.15) is 17.5 Å². The fourth-order valence-electron chi connectivity index (χ4n) is 3.75. The van der Waals surface area contributed by atoms with Gasteiger partial charge < -0.3 is 4.57 Å². The Morgan fingerprint density at radius 2 is 1.96 bits per heavy atom. The van der Waals surface area contributed by atoms with Gasteiger partial charge in [0.1, 0.15) is 0 Å². The Hall–Kier alpha value is -2.57. The van der Waals surface area contributed by atoms with Crippen molar-refractivity contribution in [3.8, 4) is 6.07 Å². The highest BCUT2D eigenvalue weighted by Crippen LogP contribution is 2.24. The number of benzene rings is 2. The molecule has 0 spiro atoms. The number of hydrogen-bond acceptors (Lipinski definition) is 2. The van der Waals surface area contributed by atoms with Crippen LogP contribution in [0.3, 0.4) is 0 Å². The van der Waals surface area contributed by atoms with E-state index in [-0.39, 0.29) is 0 Å². The van der Waals surface area contributed by atoms with Crippen LogP contribution in [0.25, 0.3) is 10.9 Å². The maximum Gasteiger partial charge on any atom is 0.0991 e. The van der Waals surface area contributed by atoms with Gasteiger partial charge in [-0.05, 0) is 48.7 Å². The Kier molecular flexibility index (Phi) is 4.06. The molecular formula is C21H21N3. The van der Waals surface area contributed by atoms with Crippen LogP contribution < -0.4 is 0 Å². The van der Waals surface area contributed by atoms with E-state index in [2.05, 4.69) is 64.2 Å². The summed E-state index contributed by atoms with van der Waals surface area (Å²) in [4.78, 5) is 2.56. The molecule has 1 aromatic heterocycles. The predicted octanol–water partition coefficient (Wildman–Crippen LogP) is 4.04. The third-order valence-corrected chi connectivity index (χ3v) is 4.97. The zero-order chi connectivity index (χ0) is 16.4. The summed E-state index contributed by atoms with van der Waals surface area (Å²) in [7, 11) is 0. The quantitative estimate of drug-likeness (QED) is 0.728. The van der Waals surface area contributed by atoms with Crippen LogP contribution in [0.2, 0.25) is 0 Å². The highest BCUT2D eigenvalue weighted by molar-refractivity contribution is 5.81. The molecule has 4 rings (SSSR count). The zero-order valence-corrected chi connectivity index (χ0v) is 13.7. The first-order valence-corrected chi connectivity index (χ1v) is 8.57. The van der Waals surface area contributed by atoms with E-state index in [1.54, 1.807) is 0 Å². The number of nitriles is 1. The minimum atomic E-state index is 0.694. The van der Waals surface area contributed by atoms with Gasteiger partial charge in [0.25, 0.3) is 0 Å². The number of aromatic nitrogens is 1. The second-order valence-corrected chi connectivity index (χ2v) is 6.73. The van der Waals surface area contributed by atoms with Crippen molar-refractivity contribution < 1.29 is 0 Å². The fourth-order valence-corrected chi connectivity index (χ4v) is 3.75. The van der Waals surface area contributed by atoms with Gasteiger partial charge in [-0.2, -0.15) is 5.26 Å². The SMILES string of the molecule is N#Cc1ccc2c(ccn2CC2CCN(Cc3ccccc3)C2)c1. The monoisotopic (exact) mass is 315 g/mol. The molecule has 0 aliphatic carbocycles. The maximum absolute atomic E-state index is 9.02. The molecule has 1 fully saturated rings. The van der Waals surface area contributed by atoms with Gasteiger partial charge >= 0.3 is 0 Å². The van der Waals surface area contributed by atoms with Gasteiger partial charge in [0.15, 0.2) is 0 Å². The summed E-state index contributed by atoms with van der Waals surface area (Å²) in [5.41, 5.74) is 3.36. The smallest absolute Gasteiger partial charge is 0.0991 e. The van der Waals surface area contributed by atoms with Gasteiger partial charge in [-0.1, -0.05) is 30.3 Å². The molecule has 1 atom stereocenters. The molecule has 1 unspecified atom stereocenters. The van der Waals surface area contributed by atoms with Crippen molar-refractivity contribution in [3.63, 3.8) is 0 Å². The molecule has 0 radical (unpaired) electrons. The number of hydrogen-bond donors (Lipinski definition) is 0. The minimum absolute atomic E-state index is 0.694. The van der Waals surface area contributed by atoms with Crippen molar-refractivity contribution >= 4 is 10.9 Å². The second-order valence-electron chi connectivity index (χ2n) is 6.73. The Balaban J connectivity index is 1.42. The fraction of sp³-hybridized carbons (Fsp3) is 0.286. The standard InChI is InChI=1S/C21H21N3/c22-13-18-6-7-21-20(12-18)9-11-24(21)16-19-8-10-23(15-19)14-17-4-2-1-3-5-17/h1-7,9,11-12,19H,8,10,14-16H2. The topological polar surface area (TPSA) is 32.0 Å². The van der Waals surface area contributed by atoms with Crippen molar-refractivity contribution in [2.24, 2.45) is 5.92 Å². The Morgan fingerprint density at radius 1 is 1.08 bits per heavy atom. The Bertz CT molecular complexity index is 873. The molecule has 2 heterocycles. The van der Waals surface area contributed by atoms with Crippen LogP contribution in [-0.2, 0) is 13.1 Å². The average molecular weight is 315 g/mol. The highest BCUT2D eigenvalue weighted by Gasteiger charge is 2.23. The summed E-state index contributed by atoms with van der Waals surface area (Å²) in [6, 6.07) is 21.0. The third kappa shape index (κ3) is 3.06. The molecule has 3 heteroatoms. The van der Waals surface area contributed by atoms with Crippen molar-refractivity contribution in [2.75, 3.05) is 13.1 Å². The van der Waals surface area contributed by atoms with Crippen molar-refractivity contribution in [2.45, 2.75) is 19.5 Å². The molecule has 0 N–H and O–H groups in total. The first-order valence-electron chi connectivity index (χ1n) is 8.57. The van der Waals surface area contributed by atoms with Gasteiger partial charge in [-0.3, -0.25) is 4.90 Å². The minimum Gasteiger partial charge on any atom is -0.347 e. The third-order valence-electron chi connectivity index (χ3n) is 4.97. The van der Waals surface area contributed by atoms with Gasteiger partial charge in [-0.25, -0.2) is 0 Å². The molecule has 0 bridgehead atoms. The molecule has 3 nitrogen and oxygen atoms in total. The largest absolute Gasteiger partial charge is 0.347 e. The van der Waals surface area contributed by atoms with Crippen LogP contribution >= 0.6 is 0 Å². The Morgan fingerprint density at radius 3 is 2.79 bits per heavy atom. The van der Waals surface area contributed by atoms with E-state index >= 15 is 0 Å². The molecule has 24 heavy (non-hydrogen) atoms. The van der Waals surface area contributed by atoms with Crippen molar-refractivity contribution in [3.05, 3.63) is 71.9 Å². The summed E-state index contributed by atoms with van der Waals surface area (Å²) in [5.74, 6) is 0.694. The summed E-state index contributed by atoms with van der Waals surface area (Å²) < 4.78 is 2.34. The molecule has 0 saturated carbocycles. The summed E-state index contributed by atoms with van der Waals surface area (Å²) in [5, 5.41) is 10.2.